The maximum atomic E-state index is 4.45. The Labute approximate surface area is 127 Å². The molecule has 2 aliphatic rings. The second kappa shape index (κ2) is 6.71. The van der Waals surface area contributed by atoms with Gasteiger partial charge in [0.15, 0.2) is 0 Å². The first-order valence-corrected chi connectivity index (χ1v) is 8.21. The van der Waals surface area contributed by atoms with E-state index in [4.69, 9.17) is 0 Å². The number of anilines is 1. The molecule has 2 fully saturated rings. The van der Waals surface area contributed by atoms with E-state index >= 15 is 0 Å². The number of nitrogens with one attached hydrogen (secondary N) is 1. The van der Waals surface area contributed by atoms with Gasteiger partial charge in [-0.1, -0.05) is 0 Å². The first kappa shape index (κ1) is 14.7. The highest BCUT2D eigenvalue weighted by Crippen LogP contribution is 2.24. The minimum atomic E-state index is 0.739. The van der Waals surface area contributed by atoms with Crippen LogP contribution in [0.2, 0.25) is 0 Å². The van der Waals surface area contributed by atoms with Gasteiger partial charge in [-0.05, 0) is 45.2 Å². The third-order valence-corrected chi connectivity index (χ3v) is 4.99. The minimum absolute atomic E-state index is 0.739. The molecule has 0 amide bonds. The quantitative estimate of drug-likeness (QED) is 0.912. The molecule has 1 aromatic rings. The smallest absolute Gasteiger partial charge is 0.225 e. The van der Waals surface area contributed by atoms with E-state index in [1.165, 1.54) is 25.7 Å². The maximum Gasteiger partial charge on any atom is 0.225 e. The van der Waals surface area contributed by atoms with Crippen LogP contribution in [-0.2, 0) is 0 Å². The van der Waals surface area contributed by atoms with Crippen LogP contribution in [-0.4, -0.2) is 60.2 Å². The summed E-state index contributed by atoms with van der Waals surface area (Å²) >= 11 is 0. The zero-order valence-electron chi connectivity index (χ0n) is 13.3. The zero-order valence-corrected chi connectivity index (χ0v) is 13.3. The molecule has 1 saturated carbocycles. The van der Waals surface area contributed by atoms with Gasteiger partial charge < -0.3 is 10.2 Å². The van der Waals surface area contributed by atoms with Crippen molar-refractivity contribution in [1.29, 1.82) is 0 Å². The molecule has 0 radical (unpaired) electrons. The molecule has 1 aliphatic heterocycles. The summed E-state index contributed by atoms with van der Waals surface area (Å²) in [7, 11) is 2.09. The van der Waals surface area contributed by atoms with Crippen LogP contribution in [0.3, 0.4) is 0 Å². The predicted molar refractivity (Wildman–Crippen MR) is 85.7 cm³/mol. The summed E-state index contributed by atoms with van der Waals surface area (Å²) in [5.41, 5.74) is 1.12. The summed E-state index contributed by atoms with van der Waals surface area (Å²) in [6, 6.07) is 1.53. The molecule has 1 aromatic heterocycles. The van der Waals surface area contributed by atoms with Gasteiger partial charge in [-0.2, -0.15) is 0 Å². The lowest BCUT2D eigenvalue weighted by molar-refractivity contribution is 0.137. The van der Waals surface area contributed by atoms with Gasteiger partial charge in [0, 0.05) is 50.7 Å². The number of hydrogen-bond acceptors (Lipinski definition) is 5. The van der Waals surface area contributed by atoms with Gasteiger partial charge in [-0.3, -0.25) is 4.90 Å². The number of aryl methyl sites for hydroxylation is 1. The molecule has 0 unspecified atom stereocenters. The minimum Gasteiger partial charge on any atom is -0.338 e. The molecule has 1 N–H and O–H groups in total. The van der Waals surface area contributed by atoms with E-state index in [2.05, 4.69) is 32.1 Å². The Morgan fingerprint density at radius 1 is 1.00 bits per heavy atom. The number of hydrogen-bond donors (Lipinski definition) is 1. The lowest BCUT2D eigenvalue weighted by Gasteiger charge is -2.42. The van der Waals surface area contributed by atoms with Crippen LogP contribution >= 0.6 is 0 Å². The van der Waals surface area contributed by atoms with Gasteiger partial charge in [0.25, 0.3) is 0 Å². The van der Waals surface area contributed by atoms with Gasteiger partial charge in [-0.25, -0.2) is 9.97 Å². The van der Waals surface area contributed by atoms with E-state index in [9.17, 15) is 0 Å². The molecule has 116 valence electrons. The van der Waals surface area contributed by atoms with Gasteiger partial charge in [0.05, 0.1) is 0 Å². The Hall–Kier alpha value is -1.20. The van der Waals surface area contributed by atoms with Crippen LogP contribution in [0.1, 0.15) is 31.2 Å². The normalized spacial score (nSPS) is 27.8. The van der Waals surface area contributed by atoms with Crippen molar-refractivity contribution in [3.63, 3.8) is 0 Å². The van der Waals surface area contributed by atoms with Crippen molar-refractivity contribution in [2.45, 2.75) is 44.7 Å². The summed E-state index contributed by atoms with van der Waals surface area (Å²) in [6.45, 7) is 6.42. The highest BCUT2D eigenvalue weighted by Gasteiger charge is 2.28. The molecule has 0 aromatic carbocycles. The van der Waals surface area contributed by atoms with Crippen molar-refractivity contribution in [2.75, 3.05) is 38.1 Å². The van der Waals surface area contributed by atoms with E-state index in [-0.39, 0.29) is 0 Å². The Morgan fingerprint density at radius 2 is 1.62 bits per heavy atom. The Kier molecular flexibility index (Phi) is 4.70. The standard InChI is InChI=1S/C16H27N5/c1-13-11-18-16(19-12-13)21-9-7-20(8-10-21)15-5-3-14(17-2)4-6-15/h11-12,14-15,17H,3-10H2,1-2H3. The lowest BCUT2D eigenvalue weighted by Crippen LogP contribution is -2.52. The Balaban J connectivity index is 1.50. The second-order valence-electron chi connectivity index (χ2n) is 6.38. The maximum absolute atomic E-state index is 4.45. The number of aromatic nitrogens is 2. The van der Waals surface area contributed by atoms with Crippen LogP contribution in [0.4, 0.5) is 5.95 Å². The van der Waals surface area contributed by atoms with Crippen LogP contribution < -0.4 is 10.2 Å². The fourth-order valence-electron chi connectivity index (χ4n) is 3.57. The van der Waals surface area contributed by atoms with Crippen LogP contribution in [0.15, 0.2) is 12.4 Å². The summed E-state index contributed by atoms with van der Waals surface area (Å²) in [4.78, 5) is 13.9. The monoisotopic (exact) mass is 289 g/mol. The summed E-state index contributed by atoms with van der Waals surface area (Å²) in [5.74, 6) is 0.888. The summed E-state index contributed by atoms with van der Waals surface area (Å²) in [5, 5.41) is 3.42. The Morgan fingerprint density at radius 3 is 2.19 bits per heavy atom. The van der Waals surface area contributed by atoms with Gasteiger partial charge >= 0.3 is 0 Å². The molecule has 3 rings (SSSR count). The SMILES string of the molecule is CNC1CCC(N2CCN(c3ncc(C)cn3)CC2)CC1. The molecule has 0 atom stereocenters. The highest BCUT2D eigenvalue weighted by molar-refractivity contribution is 5.30. The lowest BCUT2D eigenvalue weighted by atomic mass is 9.90. The third-order valence-electron chi connectivity index (χ3n) is 4.99. The van der Waals surface area contributed by atoms with Crippen LogP contribution in [0.5, 0.6) is 0 Å². The van der Waals surface area contributed by atoms with Crippen LogP contribution in [0, 0.1) is 6.92 Å². The van der Waals surface area contributed by atoms with Crippen LogP contribution in [0.25, 0.3) is 0 Å². The predicted octanol–water partition coefficient (Wildman–Crippen LogP) is 1.44. The van der Waals surface area contributed by atoms with E-state index < -0.39 is 0 Å². The molecule has 2 heterocycles. The molecule has 5 heteroatoms. The average molecular weight is 289 g/mol. The third kappa shape index (κ3) is 3.52. The first-order valence-electron chi connectivity index (χ1n) is 8.21. The summed E-state index contributed by atoms with van der Waals surface area (Å²) in [6.07, 6.45) is 9.14. The summed E-state index contributed by atoms with van der Waals surface area (Å²) < 4.78 is 0. The van der Waals surface area contributed by atoms with E-state index in [1.54, 1.807) is 0 Å². The molecule has 0 spiro atoms. The fraction of sp³-hybridized carbons (Fsp3) is 0.750. The number of piperazine rings is 1. The first-order chi connectivity index (χ1) is 10.3. The average Bonchev–Trinajstić information content (AvgIpc) is 2.56. The molecular formula is C16H27N5. The van der Waals surface area contributed by atoms with Crippen molar-refractivity contribution >= 4 is 5.95 Å². The topological polar surface area (TPSA) is 44.3 Å². The van der Waals surface area contributed by atoms with E-state index in [0.29, 0.717) is 0 Å². The van der Waals surface area contributed by atoms with Crippen molar-refractivity contribution in [3.05, 3.63) is 18.0 Å². The highest BCUT2D eigenvalue weighted by atomic mass is 15.3. The van der Waals surface area contributed by atoms with Gasteiger partial charge in [-0.15, -0.1) is 0 Å². The second-order valence-corrected chi connectivity index (χ2v) is 6.38. The molecule has 21 heavy (non-hydrogen) atoms. The van der Waals surface area contributed by atoms with Gasteiger partial charge in [0.2, 0.25) is 5.95 Å². The molecule has 5 nitrogen and oxygen atoms in total. The number of rotatable bonds is 3. The van der Waals surface area contributed by atoms with Crippen molar-refractivity contribution in [3.8, 4) is 0 Å². The van der Waals surface area contributed by atoms with Crippen molar-refractivity contribution in [2.24, 2.45) is 0 Å². The largest absolute Gasteiger partial charge is 0.338 e. The fourth-order valence-corrected chi connectivity index (χ4v) is 3.57. The molecular weight excluding hydrogens is 262 g/mol. The van der Waals surface area contributed by atoms with E-state index in [0.717, 1.165) is 49.8 Å². The Bertz CT molecular complexity index is 430. The molecule has 1 saturated heterocycles. The van der Waals surface area contributed by atoms with Gasteiger partial charge in [0.1, 0.15) is 0 Å². The van der Waals surface area contributed by atoms with Crippen molar-refractivity contribution in [1.82, 2.24) is 20.2 Å². The van der Waals surface area contributed by atoms with E-state index in [1.807, 2.05) is 19.3 Å². The zero-order chi connectivity index (χ0) is 14.7. The van der Waals surface area contributed by atoms with Crippen molar-refractivity contribution < 1.29 is 0 Å². The number of nitrogens with zero attached hydrogens (tertiary/aromatic N) is 4. The molecule has 0 bridgehead atoms. The molecule has 1 aliphatic carbocycles.